The minimum Gasteiger partial charge on any atom is -0.0820 e. The maximum absolute atomic E-state index is 2.69. The Morgan fingerprint density at radius 2 is 1.79 bits per heavy atom. The van der Waals surface area contributed by atoms with Gasteiger partial charge in [0.05, 0.1) is 0 Å². The lowest BCUT2D eigenvalue weighted by Gasteiger charge is -2.62. The highest BCUT2D eigenvalue weighted by Crippen LogP contribution is 2.70. The van der Waals surface area contributed by atoms with Crippen molar-refractivity contribution in [3.05, 3.63) is 12.2 Å². The second kappa shape index (κ2) is 3.68. The minimum atomic E-state index is 0.556. The highest BCUT2D eigenvalue weighted by atomic mass is 14.6. The second-order valence-corrected chi connectivity index (χ2v) is 9.01. The van der Waals surface area contributed by atoms with Crippen LogP contribution in [0.4, 0.5) is 0 Å². The Morgan fingerprint density at radius 1 is 0.947 bits per heavy atom. The molecule has 3 unspecified atom stereocenters. The summed E-state index contributed by atoms with van der Waals surface area (Å²) in [5, 5.41) is 0. The van der Waals surface area contributed by atoms with Crippen LogP contribution in [-0.4, -0.2) is 0 Å². The molecular weight excluding hydrogens is 228 g/mol. The van der Waals surface area contributed by atoms with Gasteiger partial charge in [0.25, 0.3) is 0 Å². The van der Waals surface area contributed by atoms with E-state index < -0.39 is 0 Å². The van der Waals surface area contributed by atoms with Gasteiger partial charge in [0.1, 0.15) is 0 Å². The highest BCUT2D eigenvalue weighted by Gasteiger charge is 2.60. The molecule has 0 aromatic carbocycles. The molecule has 0 aromatic rings. The van der Waals surface area contributed by atoms with Gasteiger partial charge < -0.3 is 0 Å². The second-order valence-electron chi connectivity index (χ2n) is 9.01. The van der Waals surface area contributed by atoms with Gasteiger partial charge in [-0.2, -0.15) is 0 Å². The van der Waals surface area contributed by atoms with Crippen molar-refractivity contribution in [3.63, 3.8) is 0 Å². The van der Waals surface area contributed by atoms with Gasteiger partial charge in [-0.05, 0) is 72.5 Å². The molecule has 4 aliphatic rings. The zero-order valence-electron chi connectivity index (χ0n) is 13.0. The summed E-state index contributed by atoms with van der Waals surface area (Å²) >= 11 is 0. The fraction of sp³-hybridized carbons (Fsp3) is 0.895. The Bertz CT molecular complexity index is 422. The standard InChI is InChI=1S/C19H30/c1-14-5-4-8-18(3)15(14)6-10-19-12-11-17(2,13-19)9-7-16(18)19/h11-12,14-16H,4-10,13H2,1-3H3/t14-,15?,16?,17+,18+,19?/m0/s1. The maximum Gasteiger partial charge on any atom is -0.00762 e. The number of fused-ring (bicyclic) bond motifs is 3. The van der Waals surface area contributed by atoms with Crippen LogP contribution in [0.15, 0.2) is 12.2 Å². The van der Waals surface area contributed by atoms with Crippen LogP contribution in [0.25, 0.3) is 0 Å². The van der Waals surface area contributed by atoms with E-state index in [2.05, 4.69) is 32.9 Å². The van der Waals surface area contributed by atoms with E-state index in [0.717, 1.165) is 17.8 Å². The number of hydrogen-bond donors (Lipinski definition) is 0. The molecule has 1 spiro atoms. The van der Waals surface area contributed by atoms with Crippen molar-refractivity contribution in [3.8, 4) is 0 Å². The molecule has 0 aliphatic heterocycles. The fourth-order valence-electron chi connectivity index (χ4n) is 7.05. The van der Waals surface area contributed by atoms with E-state index in [9.17, 15) is 0 Å². The number of allylic oxidation sites excluding steroid dienone is 2. The molecule has 19 heavy (non-hydrogen) atoms. The first-order valence-corrected chi connectivity index (χ1v) is 8.68. The minimum absolute atomic E-state index is 0.556. The average Bonchev–Trinajstić information content (AvgIpc) is 2.60. The first kappa shape index (κ1) is 12.5. The number of hydrogen-bond acceptors (Lipinski definition) is 0. The van der Waals surface area contributed by atoms with E-state index in [0.29, 0.717) is 16.2 Å². The largest absolute Gasteiger partial charge is 0.0820 e. The molecule has 3 fully saturated rings. The third-order valence-electron chi connectivity index (χ3n) is 7.87. The summed E-state index contributed by atoms with van der Waals surface area (Å²) in [7, 11) is 0. The summed E-state index contributed by atoms with van der Waals surface area (Å²) in [5.74, 6) is 3.00. The summed E-state index contributed by atoms with van der Waals surface area (Å²) in [4.78, 5) is 0. The molecule has 4 rings (SSSR count). The summed E-state index contributed by atoms with van der Waals surface area (Å²) in [6, 6.07) is 0. The summed E-state index contributed by atoms with van der Waals surface area (Å²) in [6.45, 7) is 7.72. The van der Waals surface area contributed by atoms with Crippen molar-refractivity contribution in [2.24, 2.45) is 34.0 Å². The Morgan fingerprint density at radius 3 is 2.63 bits per heavy atom. The van der Waals surface area contributed by atoms with E-state index in [-0.39, 0.29) is 0 Å². The van der Waals surface area contributed by atoms with E-state index in [1.165, 1.54) is 51.4 Å². The highest BCUT2D eigenvalue weighted by molar-refractivity contribution is 5.24. The Balaban J connectivity index is 1.73. The molecule has 2 bridgehead atoms. The van der Waals surface area contributed by atoms with Gasteiger partial charge in [-0.3, -0.25) is 0 Å². The monoisotopic (exact) mass is 258 g/mol. The first-order valence-electron chi connectivity index (χ1n) is 8.68. The van der Waals surface area contributed by atoms with Gasteiger partial charge in [0, 0.05) is 0 Å². The first-order chi connectivity index (χ1) is 8.98. The van der Waals surface area contributed by atoms with Crippen LogP contribution < -0.4 is 0 Å². The van der Waals surface area contributed by atoms with Crippen molar-refractivity contribution >= 4 is 0 Å². The summed E-state index contributed by atoms with van der Waals surface area (Å²) in [6.07, 6.45) is 17.2. The van der Waals surface area contributed by atoms with Gasteiger partial charge in [0.15, 0.2) is 0 Å². The predicted octanol–water partition coefficient (Wildman–Crippen LogP) is 5.59. The number of rotatable bonds is 0. The lowest BCUT2D eigenvalue weighted by Crippen LogP contribution is -2.54. The topological polar surface area (TPSA) is 0 Å². The molecule has 0 nitrogen and oxygen atoms in total. The van der Waals surface area contributed by atoms with E-state index in [1.54, 1.807) is 0 Å². The van der Waals surface area contributed by atoms with Gasteiger partial charge in [-0.25, -0.2) is 0 Å². The maximum atomic E-state index is 2.69. The normalized spacial score (nSPS) is 59.6. The van der Waals surface area contributed by atoms with E-state index >= 15 is 0 Å². The van der Waals surface area contributed by atoms with Crippen LogP contribution in [-0.2, 0) is 0 Å². The summed E-state index contributed by atoms with van der Waals surface area (Å²) in [5.41, 5.74) is 1.82. The predicted molar refractivity (Wildman–Crippen MR) is 80.9 cm³/mol. The van der Waals surface area contributed by atoms with E-state index in [1.807, 2.05) is 0 Å². The molecule has 0 radical (unpaired) electrons. The SMILES string of the molecule is C[C@H]1CCC[C@]2(C)C1CCC13C=C[C@@](C)(CCC12)C3. The van der Waals surface area contributed by atoms with Crippen LogP contribution in [0.5, 0.6) is 0 Å². The van der Waals surface area contributed by atoms with Gasteiger partial charge in [-0.15, -0.1) is 0 Å². The zero-order valence-corrected chi connectivity index (χ0v) is 13.0. The van der Waals surface area contributed by atoms with Crippen LogP contribution >= 0.6 is 0 Å². The molecular formula is C19H30. The van der Waals surface area contributed by atoms with Crippen molar-refractivity contribution in [2.75, 3.05) is 0 Å². The Labute approximate surface area is 119 Å². The fourth-order valence-corrected chi connectivity index (χ4v) is 7.05. The van der Waals surface area contributed by atoms with Crippen molar-refractivity contribution < 1.29 is 0 Å². The van der Waals surface area contributed by atoms with Crippen molar-refractivity contribution in [1.82, 2.24) is 0 Å². The third kappa shape index (κ3) is 1.52. The molecule has 0 saturated heterocycles. The Hall–Kier alpha value is -0.260. The van der Waals surface area contributed by atoms with Crippen LogP contribution in [0.2, 0.25) is 0 Å². The van der Waals surface area contributed by atoms with E-state index in [4.69, 9.17) is 0 Å². The average molecular weight is 258 g/mol. The third-order valence-corrected chi connectivity index (χ3v) is 7.87. The van der Waals surface area contributed by atoms with Crippen LogP contribution in [0.1, 0.15) is 72.1 Å². The van der Waals surface area contributed by atoms with Crippen molar-refractivity contribution in [2.45, 2.75) is 72.1 Å². The molecule has 0 N–H and O–H groups in total. The van der Waals surface area contributed by atoms with Crippen LogP contribution in [0, 0.1) is 34.0 Å². The molecule has 0 aromatic heterocycles. The molecule has 6 atom stereocenters. The van der Waals surface area contributed by atoms with Gasteiger partial charge in [0.2, 0.25) is 0 Å². The lowest BCUT2D eigenvalue weighted by atomic mass is 9.43. The zero-order chi connectivity index (χ0) is 13.3. The molecule has 4 aliphatic carbocycles. The molecule has 0 heteroatoms. The van der Waals surface area contributed by atoms with Crippen LogP contribution in [0.3, 0.4) is 0 Å². The quantitative estimate of drug-likeness (QED) is 0.497. The Kier molecular flexibility index (Phi) is 2.42. The lowest BCUT2D eigenvalue weighted by molar-refractivity contribution is -0.115. The van der Waals surface area contributed by atoms with Gasteiger partial charge >= 0.3 is 0 Å². The molecule has 106 valence electrons. The summed E-state index contributed by atoms with van der Waals surface area (Å²) < 4.78 is 0. The van der Waals surface area contributed by atoms with Gasteiger partial charge in [-0.1, -0.05) is 45.8 Å². The smallest absolute Gasteiger partial charge is 0.00762 e. The molecule has 0 heterocycles. The molecule has 0 amide bonds. The molecule has 3 saturated carbocycles. The van der Waals surface area contributed by atoms with Crippen molar-refractivity contribution in [1.29, 1.82) is 0 Å².